The van der Waals surface area contributed by atoms with Crippen molar-refractivity contribution in [2.75, 3.05) is 0 Å². The van der Waals surface area contributed by atoms with Crippen LogP contribution in [0.3, 0.4) is 0 Å². The quantitative estimate of drug-likeness (QED) is 0.725. The Morgan fingerprint density at radius 2 is 2.00 bits per heavy atom. The van der Waals surface area contributed by atoms with Crippen LogP contribution in [-0.4, -0.2) is 5.78 Å². The fourth-order valence-corrected chi connectivity index (χ4v) is 2.37. The smallest absolute Gasteiger partial charge is 0.206 e. The number of ketones is 1. The zero-order chi connectivity index (χ0) is 11.0. The van der Waals surface area contributed by atoms with Gasteiger partial charge in [0.25, 0.3) is 0 Å². The molecule has 0 radical (unpaired) electrons. The summed E-state index contributed by atoms with van der Waals surface area (Å²) < 4.78 is 5.35. The molecule has 0 saturated carbocycles. The molecule has 78 valence electrons. The summed E-state index contributed by atoms with van der Waals surface area (Å²) in [5.41, 5.74) is 0.675. The van der Waals surface area contributed by atoms with E-state index in [4.69, 9.17) is 4.42 Å². The number of carbonyl (C=O) groups is 1. The Bertz CT molecular complexity index is 505. The van der Waals surface area contributed by atoms with E-state index in [0.29, 0.717) is 11.3 Å². The maximum Gasteiger partial charge on any atom is 0.206 e. The maximum atomic E-state index is 12.0. The summed E-state index contributed by atoms with van der Waals surface area (Å²) in [4.78, 5) is 14.0. The van der Waals surface area contributed by atoms with Gasteiger partial charge in [-0.3, -0.25) is 4.79 Å². The van der Waals surface area contributed by atoms with Crippen LogP contribution in [0.2, 0.25) is 0 Å². The predicted octanol–water partition coefficient (Wildman–Crippen LogP) is 3.50. The molecule has 2 aromatic heterocycles. The summed E-state index contributed by atoms with van der Waals surface area (Å²) in [6.07, 6.45) is 0. The van der Waals surface area contributed by atoms with Gasteiger partial charge in [-0.1, -0.05) is 0 Å². The van der Waals surface area contributed by atoms with Gasteiger partial charge in [0.15, 0.2) is 0 Å². The summed E-state index contributed by atoms with van der Waals surface area (Å²) in [6.45, 7) is 5.67. The number of hydrogen-bond acceptors (Lipinski definition) is 3. The standard InChI is InChI=1S/C12H12O2S/c1-7-6-10(9(3)14-7)12(13)11-5-4-8(2)15-11/h4-6H,1-3H3. The van der Waals surface area contributed by atoms with Gasteiger partial charge in [-0.05, 0) is 39.0 Å². The lowest BCUT2D eigenvalue weighted by Crippen LogP contribution is -1.98. The van der Waals surface area contributed by atoms with Crippen LogP contribution in [-0.2, 0) is 0 Å². The van der Waals surface area contributed by atoms with Crippen LogP contribution in [0.5, 0.6) is 0 Å². The minimum Gasteiger partial charge on any atom is -0.466 e. The largest absolute Gasteiger partial charge is 0.466 e. The first-order chi connectivity index (χ1) is 7.08. The molecule has 0 saturated heterocycles. The fraction of sp³-hybridized carbons (Fsp3) is 0.250. The molecule has 0 aliphatic heterocycles. The third-order valence-electron chi connectivity index (χ3n) is 2.25. The summed E-state index contributed by atoms with van der Waals surface area (Å²) in [7, 11) is 0. The molecule has 3 heteroatoms. The van der Waals surface area contributed by atoms with Crippen LogP contribution in [0, 0.1) is 20.8 Å². The van der Waals surface area contributed by atoms with Crippen molar-refractivity contribution in [3.8, 4) is 0 Å². The van der Waals surface area contributed by atoms with E-state index in [1.165, 1.54) is 11.3 Å². The molecule has 15 heavy (non-hydrogen) atoms. The topological polar surface area (TPSA) is 30.2 Å². The van der Waals surface area contributed by atoms with Crippen LogP contribution in [0.4, 0.5) is 0 Å². The normalized spacial score (nSPS) is 10.6. The first-order valence-corrected chi connectivity index (χ1v) is 5.58. The molecule has 2 rings (SSSR count). The Morgan fingerprint density at radius 1 is 1.27 bits per heavy atom. The van der Waals surface area contributed by atoms with Gasteiger partial charge in [0.2, 0.25) is 5.78 Å². The van der Waals surface area contributed by atoms with Crippen molar-refractivity contribution in [3.63, 3.8) is 0 Å². The van der Waals surface area contributed by atoms with Crippen molar-refractivity contribution >= 4 is 17.1 Å². The molecule has 0 fully saturated rings. The number of rotatable bonds is 2. The third-order valence-corrected chi connectivity index (χ3v) is 3.25. The Labute approximate surface area is 92.5 Å². The lowest BCUT2D eigenvalue weighted by molar-refractivity contribution is 0.104. The van der Waals surface area contributed by atoms with E-state index in [1.54, 1.807) is 6.07 Å². The molecule has 0 unspecified atom stereocenters. The van der Waals surface area contributed by atoms with Gasteiger partial charge in [0, 0.05) is 4.88 Å². The van der Waals surface area contributed by atoms with Gasteiger partial charge < -0.3 is 4.42 Å². The third kappa shape index (κ3) is 1.88. The van der Waals surface area contributed by atoms with Gasteiger partial charge in [-0.2, -0.15) is 0 Å². The van der Waals surface area contributed by atoms with Crippen LogP contribution in [0.25, 0.3) is 0 Å². The molecular formula is C12H12O2S. The van der Waals surface area contributed by atoms with E-state index in [9.17, 15) is 4.79 Å². The molecule has 0 spiro atoms. The predicted molar refractivity (Wildman–Crippen MR) is 60.7 cm³/mol. The molecule has 0 atom stereocenters. The molecule has 0 bridgehead atoms. The monoisotopic (exact) mass is 220 g/mol. The van der Waals surface area contributed by atoms with E-state index in [-0.39, 0.29) is 5.78 Å². The fourth-order valence-electron chi connectivity index (χ4n) is 1.55. The Balaban J connectivity index is 2.40. The van der Waals surface area contributed by atoms with Gasteiger partial charge in [-0.15, -0.1) is 11.3 Å². The van der Waals surface area contributed by atoms with E-state index in [1.807, 2.05) is 32.9 Å². The molecule has 0 aromatic carbocycles. The van der Waals surface area contributed by atoms with E-state index in [2.05, 4.69) is 0 Å². The minimum absolute atomic E-state index is 0.0578. The van der Waals surface area contributed by atoms with Crippen molar-refractivity contribution in [1.82, 2.24) is 0 Å². The van der Waals surface area contributed by atoms with Gasteiger partial charge in [0.05, 0.1) is 10.4 Å². The second-order valence-corrected chi connectivity index (χ2v) is 4.85. The average Bonchev–Trinajstić information content (AvgIpc) is 2.71. The Morgan fingerprint density at radius 3 is 2.47 bits per heavy atom. The average molecular weight is 220 g/mol. The number of furan rings is 1. The molecule has 0 amide bonds. The van der Waals surface area contributed by atoms with E-state index >= 15 is 0 Å². The Hall–Kier alpha value is -1.35. The Kier molecular flexibility index (Phi) is 2.49. The molecule has 0 aliphatic carbocycles. The zero-order valence-corrected chi connectivity index (χ0v) is 9.77. The second-order valence-electron chi connectivity index (χ2n) is 3.57. The van der Waals surface area contributed by atoms with Crippen molar-refractivity contribution in [2.45, 2.75) is 20.8 Å². The lowest BCUT2D eigenvalue weighted by Gasteiger charge is -1.93. The number of carbonyl (C=O) groups excluding carboxylic acids is 1. The number of aryl methyl sites for hydroxylation is 3. The van der Waals surface area contributed by atoms with Crippen LogP contribution >= 0.6 is 11.3 Å². The first kappa shape index (κ1) is 10.2. The first-order valence-electron chi connectivity index (χ1n) is 4.76. The molecule has 0 N–H and O–H groups in total. The van der Waals surface area contributed by atoms with Gasteiger partial charge in [-0.25, -0.2) is 0 Å². The van der Waals surface area contributed by atoms with Crippen molar-refractivity contribution in [3.05, 3.63) is 45.0 Å². The zero-order valence-electron chi connectivity index (χ0n) is 8.96. The van der Waals surface area contributed by atoms with Crippen molar-refractivity contribution in [1.29, 1.82) is 0 Å². The summed E-state index contributed by atoms with van der Waals surface area (Å²) in [5.74, 6) is 1.54. The highest BCUT2D eigenvalue weighted by atomic mass is 32.1. The maximum absolute atomic E-state index is 12.0. The molecule has 2 heterocycles. The van der Waals surface area contributed by atoms with Crippen LogP contribution < -0.4 is 0 Å². The highest BCUT2D eigenvalue weighted by Crippen LogP contribution is 2.22. The molecule has 2 nitrogen and oxygen atoms in total. The molecular weight excluding hydrogens is 208 g/mol. The SMILES string of the molecule is Cc1cc(C(=O)c2ccc(C)s2)c(C)o1. The highest BCUT2D eigenvalue weighted by Gasteiger charge is 2.16. The van der Waals surface area contributed by atoms with Crippen LogP contribution in [0.1, 0.15) is 31.6 Å². The van der Waals surface area contributed by atoms with Crippen LogP contribution in [0.15, 0.2) is 22.6 Å². The second kappa shape index (κ2) is 3.66. The number of thiophene rings is 1. The van der Waals surface area contributed by atoms with Gasteiger partial charge >= 0.3 is 0 Å². The van der Waals surface area contributed by atoms with E-state index in [0.717, 1.165) is 15.5 Å². The minimum atomic E-state index is 0.0578. The summed E-state index contributed by atoms with van der Waals surface area (Å²) in [5, 5.41) is 0. The summed E-state index contributed by atoms with van der Waals surface area (Å²) >= 11 is 1.52. The van der Waals surface area contributed by atoms with Gasteiger partial charge in [0.1, 0.15) is 11.5 Å². The van der Waals surface area contributed by atoms with E-state index < -0.39 is 0 Å². The van der Waals surface area contributed by atoms with Crippen molar-refractivity contribution < 1.29 is 9.21 Å². The lowest BCUT2D eigenvalue weighted by atomic mass is 10.1. The summed E-state index contributed by atoms with van der Waals surface area (Å²) in [6, 6.07) is 5.62. The van der Waals surface area contributed by atoms with Crippen molar-refractivity contribution in [2.24, 2.45) is 0 Å². The highest BCUT2D eigenvalue weighted by molar-refractivity contribution is 7.14. The molecule has 0 aliphatic rings. The number of hydrogen-bond donors (Lipinski definition) is 0. The molecule has 2 aromatic rings.